The molecule has 82 heavy (non-hydrogen) atoms. The molecule has 5 aliphatic rings. The minimum Gasteiger partial charge on any atom is -0.494 e. The summed E-state index contributed by atoms with van der Waals surface area (Å²) >= 11 is 0. The quantitative estimate of drug-likeness (QED) is 0.0613. The highest BCUT2D eigenvalue weighted by Crippen LogP contribution is 2.26. The van der Waals surface area contributed by atoms with Gasteiger partial charge in [0.2, 0.25) is 11.8 Å². The van der Waals surface area contributed by atoms with E-state index in [-0.39, 0.29) is 81.0 Å². The van der Waals surface area contributed by atoms with Crippen molar-refractivity contribution in [1.82, 2.24) is 16.0 Å². The largest absolute Gasteiger partial charge is 0.494 e. The monoisotopic (exact) mass is 1130 g/mol. The summed E-state index contributed by atoms with van der Waals surface area (Å²) in [6, 6.07) is 33.3. The number of ether oxygens (including phenoxy) is 4. The van der Waals surface area contributed by atoms with E-state index in [1.807, 2.05) is 123 Å². The molecule has 0 saturated heterocycles. The van der Waals surface area contributed by atoms with Gasteiger partial charge in [-0.15, -0.1) is 6.42 Å². The Balaban J connectivity index is 0.000000297. The van der Waals surface area contributed by atoms with E-state index in [4.69, 9.17) is 25.4 Å². The standard InChI is InChI=1S/C34H46N2O5.C33H41NO6.CH4/c1-24(2)18-31-32(37)20-27(22-35-29-13-14-29)10-6-7-17-40-30-15-11-25(12-16-30)19-28(34(39)36-31)21-33(38)41-23-26-8-4-3-5-9-26;1-4-30(35)26-12-8-9-17-39-28-15-13-24(14-16-28)19-27(21-32(37)40-22-25-10-6-5-7-11-25)33(38)34-29(18-23(2)3)31(36)20-26;/h3-5,8-9,11-12,15-16,24,27-29,31,35H,6-7,10,13-14,17-23H2,1-2H3,(H,36,39);1,5-7,10-11,13-16,23,26-27,29-30,35H,8-9,12,17-22H2,2-3H3,(H,34,38);1H4/t27-,28-,31+;26-,27-,29+,30?;/m11./s1. The van der Waals surface area contributed by atoms with Crippen LogP contribution in [-0.2, 0) is 64.3 Å². The van der Waals surface area contributed by atoms with Gasteiger partial charge in [0.05, 0.1) is 50.0 Å². The molecular weight excluding hydrogens is 1030 g/mol. The van der Waals surface area contributed by atoms with Crippen LogP contribution in [0.2, 0.25) is 0 Å². The Labute approximate surface area is 488 Å². The van der Waals surface area contributed by atoms with Crippen molar-refractivity contribution in [3.63, 3.8) is 0 Å². The molecule has 1 aliphatic carbocycles. The lowest BCUT2D eigenvalue weighted by Gasteiger charge is -2.26. The second-order valence-corrected chi connectivity index (χ2v) is 23.1. The summed E-state index contributed by atoms with van der Waals surface area (Å²) in [5.74, 6) is 0.973. The SMILES string of the molecule is C.C#CC(O)[C@@H]1CCCCOc2ccc(cc2)C[C@H](CC(=O)OCc2ccccc2)C(=O)N[C@@H](CC(C)C)C(=O)C1.CC(C)C[C@@H]1NC(=O)[C@@H](CC(=O)OCc2ccccc2)Cc2ccc(cc2)OCCCC[C@@H](CNC2CC2)CC1=O. The van der Waals surface area contributed by atoms with Crippen molar-refractivity contribution in [1.29, 1.82) is 0 Å². The highest BCUT2D eigenvalue weighted by molar-refractivity contribution is 5.92. The summed E-state index contributed by atoms with van der Waals surface area (Å²) in [6.45, 7) is 10.3. The van der Waals surface area contributed by atoms with Crippen molar-refractivity contribution >= 4 is 35.3 Å². The predicted octanol–water partition coefficient (Wildman–Crippen LogP) is 10.7. The fourth-order valence-corrected chi connectivity index (χ4v) is 10.2. The minimum absolute atomic E-state index is 0. The molecule has 2 amide bonds. The third-order valence-corrected chi connectivity index (χ3v) is 15.0. The normalized spacial score (nSPS) is 21.8. The Morgan fingerprint density at radius 2 is 1.05 bits per heavy atom. The fraction of sp³-hybridized carbons (Fsp3) is 0.529. The van der Waals surface area contributed by atoms with E-state index >= 15 is 0 Å². The number of Topliss-reactive ketones (excluding diaryl/α,β-unsaturated/α-hetero) is 2. The van der Waals surface area contributed by atoms with E-state index in [2.05, 4.69) is 35.7 Å². The molecule has 9 rings (SSSR count). The number of hydrogen-bond donors (Lipinski definition) is 4. The molecule has 4 aromatic carbocycles. The summed E-state index contributed by atoms with van der Waals surface area (Å²) in [7, 11) is 0. The van der Waals surface area contributed by atoms with Crippen LogP contribution >= 0.6 is 0 Å². The van der Waals surface area contributed by atoms with Gasteiger partial charge < -0.3 is 40.0 Å². The maximum absolute atomic E-state index is 13.7. The number of aliphatic hydroxyl groups is 1. The van der Waals surface area contributed by atoms with Crippen molar-refractivity contribution in [2.75, 3.05) is 19.8 Å². The summed E-state index contributed by atoms with van der Waals surface area (Å²) < 4.78 is 22.8. The van der Waals surface area contributed by atoms with Crippen molar-refractivity contribution in [2.45, 2.75) is 175 Å². The maximum Gasteiger partial charge on any atom is 0.306 e. The summed E-state index contributed by atoms with van der Waals surface area (Å²) in [5, 5.41) is 20.0. The van der Waals surface area contributed by atoms with Gasteiger partial charge in [-0.1, -0.05) is 126 Å². The molecule has 1 fully saturated rings. The van der Waals surface area contributed by atoms with Crippen LogP contribution < -0.4 is 25.4 Å². The third-order valence-electron chi connectivity index (χ3n) is 15.0. The van der Waals surface area contributed by atoms with E-state index in [1.165, 1.54) is 12.8 Å². The molecule has 4 bridgehead atoms. The smallest absolute Gasteiger partial charge is 0.306 e. The van der Waals surface area contributed by atoms with Crippen LogP contribution in [0.3, 0.4) is 0 Å². The number of carbonyl (C=O) groups excluding carboxylic acids is 6. The van der Waals surface area contributed by atoms with Crippen LogP contribution in [0.25, 0.3) is 0 Å². The zero-order valence-corrected chi connectivity index (χ0v) is 48.1. The first-order valence-electron chi connectivity index (χ1n) is 29.5. The van der Waals surface area contributed by atoms with E-state index in [0.29, 0.717) is 63.5 Å². The molecular formula is C68H91N3O11. The van der Waals surface area contributed by atoms with E-state index < -0.39 is 47.9 Å². The number of rotatable bonds is 16. The third kappa shape index (κ3) is 24.3. The van der Waals surface area contributed by atoms with Gasteiger partial charge in [-0.2, -0.15) is 0 Å². The van der Waals surface area contributed by atoms with Crippen molar-refractivity contribution < 1.29 is 52.8 Å². The van der Waals surface area contributed by atoms with Gasteiger partial charge in [0, 0.05) is 24.8 Å². The number of amides is 2. The lowest BCUT2D eigenvalue weighted by Crippen LogP contribution is -2.46. The van der Waals surface area contributed by atoms with Gasteiger partial charge >= 0.3 is 11.9 Å². The first kappa shape index (κ1) is 66.0. The fourth-order valence-electron chi connectivity index (χ4n) is 10.2. The Morgan fingerprint density at radius 3 is 1.48 bits per heavy atom. The zero-order valence-electron chi connectivity index (χ0n) is 48.1. The molecule has 0 spiro atoms. The Bertz CT molecular complexity index is 2610. The highest BCUT2D eigenvalue weighted by Gasteiger charge is 2.33. The first-order chi connectivity index (χ1) is 39.1. The molecule has 4 aromatic rings. The molecule has 444 valence electrons. The second-order valence-electron chi connectivity index (χ2n) is 23.1. The topological polar surface area (TPSA) is 196 Å². The summed E-state index contributed by atoms with van der Waals surface area (Å²) in [6.07, 6.45) is 13.7. The number of terminal acetylenes is 1. The average Bonchev–Trinajstić information content (AvgIpc) is 4.38. The van der Waals surface area contributed by atoms with Crippen LogP contribution in [-0.4, -0.2) is 84.4 Å². The zero-order chi connectivity index (χ0) is 57.9. The maximum atomic E-state index is 13.7. The number of nitrogens with one attached hydrogen (secondary N) is 3. The van der Waals surface area contributed by atoms with Crippen LogP contribution in [0.15, 0.2) is 109 Å². The van der Waals surface area contributed by atoms with Gasteiger partial charge in [0.15, 0.2) is 11.6 Å². The Kier molecular flexibility index (Phi) is 28.4. The lowest BCUT2D eigenvalue weighted by atomic mass is 9.87. The Morgan fingerprint density at radius 1 is 0.610 bits per heavy atom. The van der Waals surface area contributed by atoms with Crippen LogP contribution in [0.4, 0.5) is 0 Å². The molecule has 0 aromatic heterocycles. The molecule has 4 heterocycles. The van der Waals surface area contributed by atoms with E-state index in [0.717, 1.165) is 66.7 Å². The van der Waals surface area contributed by atoms with Gasteiger partial charge in [0.1, 0.15) is 30.8 Å². The number of hydrogen-bond acceptors (Lipinski definition) is 12. The number of fused-ring (bicyclic) bond motifs is 28. The average molecular weight is 1130 g/mol. The highest BCUT2D eigenvalue weighted by atomic mass is 16.5. The first-order valence-corrected chi connectivity index (χ1v) is 29.5. The van der Waals surface area contributed by atoms with Gasteiger partial charge in [-0.25, -0.2) is 0 Å². The molecule has 7 atom stereocenters. The van der Waals surface area contributed by atoms with Crippen LogP contribution in [0, 0.1) is 47.9 Å². The Hall–Kier alpha value is -6.82. The van der Waals surface area contributed by atoms with Gasteiger partial charge in [-0.05, 0) is 148 Å². The molecule has 1 saturated carbocycles. The summed E-state index contributed by atoms with van der Waals surface area (Å²) in [5.41, 5.74) is 3.55. The van der Waals surface area contributed by atoms with Crippen LogP contribution in [0.1, 0.15) is 147 Å². The van der Waals surface area contributed by atoms with Gasteiger partial charge in [-0.3, -0.25) is 28.8 Å². The molecule has 4 N–H and O–H groups in total. The molecule has 14 heteroatoms. The molecule has 0 radical (unpaired) electrons. The van der Waals surface area contributed by atoms with Crippen molar-refractivity contribution in [3.8, 4) is 23.8 Å². The molecule has 1 unspecified atom stereocenters. The summed E-state index contributed by atoms with van der Waals surface area (Å²) in [4.78, 5) is 80.1. The number of benzene rings is 4. The van der Waals surface area contributed by atoms with Gasteiger partial charge in [0.25, 0.3) is 0 Å². The molecule has 4 aliphatic heterocycles. The number of aliphatic hydroxyl groups excluding tert-OH is 1. The number of ketones is 2. The van der Waals surface area contributed by atoms with Crippen LogP contribution in [0.5, 0.6) is 11.5 Å². The van der Waals surface area contributed by atoms with E-state index in [1.54, 1.807) is 0 Å². The minimum atomic E-state index is -1.05. The predicted molar refractivity (Wildman–Crippen MR) is 319 cm³/mol. The molecule has 14 nitrogen and oxygen atoms in total. The van der Waals surface area contributed by atoms with Crippen molar-refractivity contribution in [2.24, 2.45) is 35.5 Å². The number of esters is 2. The number of carbonyl (C=O) groups is 6. The lowest BCUT2D eigenvalue weighted by molar-refractivity contribution is -0.148. The van der Waals surface area contributed by atoms with Crippen molar-refractivity contribution in [3.05, 3.63) is 131 Å². The van der Waals surface area contributed by atoms with E-state index in [9.17, 15) is 33.9 Å². The second kappa shape index (κ2) is 35.2.